The number of carbonyl (C=O) groups is 4. The molecule has 3 unspecified atom stereocenters. The molecule has 0 aromatic rings. The molecule has 0 aromatic heterocycles. The van der Waals surface area contributed by atoms with Crippen LogP contribution in [0.1, 0.15) is 363 Å². The van der Waals surface area contributed by atoms with Gasteiger partial charge in [0.25, 0.3) is 0 Å². The number of unbranched alkanes of at least 4 members (excludes halogenated alkanes) is 39. The summed E-state index contributed by atoms with van der Waals surface area (Å²) in [5.41, 5.74) is 0. The second kappa shape index (κ2) is 63.1. The van der Waals surface area contributed by atoms with Crippen molar-refractivity contribution < 1.29 is 80.2 Å². The first kappa shape index (κ1) is 88.1. The van der Waals surface area contributed by atoms with Gasteiger partial charge in [-0.2, -0.15) is 0 Å². The number of esters is 4. The van der Waals surface area contributed by atoms with E-state index < -0.39 is 97.5 Å². The van der Waals surface area contributed by atoms with Gasteiger partial charge in [-0.15, -0.1) is 0 Å². The van der Waals surface area contributed by atoms with Gasteiger partial charge in [0.05, 0.1) is 26.4 Å². The molecule has 0 radical (unpaired) electrons. The van der Waals surface area contributed by atoms with Crippen LogP contribution in [0, 0.1) is 11.8 Å². The molecule has 0 aliphatic rings. The van der Waals surface area contributed by atoms with E-state index >= 15 is 0 Å². The number of phosphoric ester groups is 2. The lowest BCUT2D eigenvalue weighted by atomic mass is 10.00. The van der Waals surface area contributed by atoms with Crippen LogP contribution in [0.25, 0.3) is 0 Å². The maximum absolute atomic E-state index is 13.0. The Labute approximate surface area is 549 Å². The number of phosphoric acid groups is 2. The van der Waals surface area contributed by atoms with E-state index in [4.69, 9.17) is 37.0 Å². The van der Waals surface area contributed by atoms with E-state index in [1.165, 1.54) is 173 Å². The summed E-state index contributed by atoms with van der Waals surface area (Å²) < 4.78 is 68.2. The minimum Gasteiger partial charge on any atom is -0.462 e. The standard InChI is InChI=1S/C71H138O17P2/c1-7-10-12-14-16-18-19-20-21-22-23-24-25-28-32-36-43-49-55-70(75)87-66(59-82-69(74)54-48-42-35-31-29-26-27-30-33-39-45-51-63(4)5)61-85-89(77,78)83-57-65(72)58-84-90(79,80)86-62-67(60-81-68(73)53-47-41-34-17-15-13-11-8-2)88-71(76)56-50-44-38-37-40-46-52-64(6)9-3/h63-67,72H,7-62H2,1-6H3,(H,77,78)(H,79,80)/t64?,65-,66-,67-/m1/s1. The molecule has 3 N–H and O–H groups in total. The summed E-state index contributed by atoms with van der Waals surface area (Å²) in [7, 11) is -9.90. The van der Waals surface area contributed by atoms with Crippen LogP contribution in [-0.2, 0) is 65.4 Å². The van der Waals surface area contributed by atoms with Crippen molar-refractivity contribution in [2.45, 2.75) is 381 Å². The lowest BCUT2D eigenvalue weighted by Crippen LogP contribution is -2.30. The van der Waals surface area contributed by atoms with Gasteiger partial charge in [0.15, 0.2) is 12.2 Å². The van der Waals surface area contributed by atoms with Gasteiger partial charge in [0, 0.05) is 25.7 Å². The summed E-state index contributed by atoms with van der Waals surface area (Å²) in [5, 5.41) is 10.6. The highest BCUT2D eigenvalue weighted by atomic mass is 31.2. The van der Waals surface area contributed by atoms with Gasteiger partial charge in [0.2, 0.25) is 0 Å². The zero-order valence-electron chi connectivity index (χ0n) is 58.4. The molecule has 0 saturated heterocycles. The summed E-state index contributed by atoms with van der Waals surface area (Å²) in [6.45, 7) is 9.48. The minimum atomic E-state index is -4.95. The molecule has 17 nitrogen and oxygen atoms in total. The maximum atomic E-state index is 13.0. The van der Waals surface area contributed by atoms with Crippen LogP contribution in [0.3, 0.4) is 0 Å². The van der Waals surface area contributed by atoms with Gasteiger partial charge < -0.3 is 33.8 Å². The summed E-state index contributed by atoms with van der Waals surface area (Å²) in [4.78, 5) is 72.5. The van der Waals surface area contributed by atoms with Gasteiger partial charge in [-0.1, -0.05) is 311 Å². The Morgan fingerprint density at radius 1 is 0.322 bits per heavy atom. The average Bonchev–Trinajstić information content (AvgIpc) is 2.20. The second-order valence-electron chi connectivity index (χ2n) is 26.3. The summed E-state index contributed by atoms with van der Waals surface area (Å²) in [6.07, 6.45) is 48.7. The lowest BCUT2D eigenvalue weighted by Gasteiger charge is -2.21. The topological polar surface area (TPSA) is 237 Å². The molecule has 6 atom stereocenters. The molecule has 0 aromatic carbocycles. The van der Waals surface area contributed by atoms with Crippen molar-refractivity contribution >= 4 is 39.5 Å². The van der Waals surface area contributed by atoms with E-state index in [-0.39, 0.29) is 25.7 Å². The number of ether oxygens (including phenoxy) is 4. The molecule has 0 saturated carbocycles. The maximum Gasteiger partial charge on any atom is 0.472 e. The molecule has 0 aliphatic carbocycles. The van der Waals surface area contributed by atoms with Crippen LogP contribution < -0.4 is 0 Å². The quantitative estimate of drug-likeness (QED) is 0.0222. The summed E-state index contributed by atoms with van der Waals surface area (Å²) in [6, 6.07) is 0. The van der Waals surface area contributed by atoms with Crippen LogP contribution in [-0.4, -0.2) is 96.7 Å². The Morgan fingerprint density at radius 2 is 0.567 bits per heavy atom. The molecule has 90 heavy (non-hydrogen) atoms. The zero-order chi connectivity index (χ0) is 66.5. The number of hydrogen-bond donors (Lipinski definition) is 3. The summed E-state index contributed by atoms with van der Waals surface area (Å²) in [5.74, 6) is -0.636. The van der Waals surface area contributed by atoms with Crippen molar-refractivity contribution in [2.24, 2.45) is 11.8 Å². The Kier molecular flexibility index (Phi) is 61.8. The van der Waals surface area contributed by atoms with Gasteiger partial charge in [-0.05, 0) is 37.5 Å². The van der Waals surface area contributed by atoms with Crippen LogP contribution >= 0.6 is 15.6 Å². The number of carbonyl (C=O) groups excluding carboxylic acids is 4. The van der Waals surface area contributed by atoms with E-state index in [9.17, 15) is 43.2 Å². The molecule has 0 fully saturated rings. The average molecular weight is 1330 g/mol. The fraction of sp³-hybridized carbons (Fsp3) is 0.944. The summed E-state index contributed by atoms with van der Waals surface area (Å²) >= 11 is 0. The lowest BCUT2D eigenvalue weighted by molar-refractivity contribution is -0.161. The third kappa shape index (κ3) is 63.5. The van der Waals surface area contributed by atoms with Crippen LogP contribution in [0.5, 0.6) is 0 Å². The third-order valence-electron chi connectivity index (χ3n) is 16.8. The first-order chi connectivity index (χ1) is 43.4. The van der Waals surface area contributed by atoms with Gasteiger partial charge in [-0.25, -0.2) is 9.13 Å². The first-order valence-electron chi connectivity index (χ1n) is 37.0. The largest absolute Gasteiger partial charge is 0.472 e. The third-order valence-corrected chi connectivity index (χ3v) is 18.7. The second-order valence-corrected chi connectivity index (χ2v) is 29.3. The Balaban J connectivity index is 5.21. The SMILES string of the molecule is CCCCCCCCCCCCCCCCCCCCC(=O)O[C@H](COC(=O)CCCCCCCCCCCCCC(C)C)COP(=O)(O)OC[C@@H](O)COP(=O)(O)OC[C@@H](COC(=O)CCCCCCCCCC)OC(=O)CCCCCCCCC(C)CC. The van der Waals surface area contributed by atoms with Crippen molar-refractivity contribution in [3.8, 4) is 0 Å². The predicted octanol–water partition coefficient (Wildman–Crippen LogP) is 20.4. The van der Waals surface area contributed by atoms with Crippen LogP contribution in [0.2, 0.25) is 0 Å². The highest BCUT2D eigenvalue weighted by Gasteiger charge is 2.30. The van der Waals surface area contributed by atoms with E-state index in [2.05, 4.69) is 41.5 Å². The predicted molar refractivity (Wildman–Crippen MR) is 363 cm³/mol. The Morgan fingerprint density at radius 3 is 0.844 bits per heavy atom. The first-order valence-corrected chi connectivity index (χ1v) is 40.0. The van der Waals surface area contributed by atoms with Crippen LogP contribution in [0.4, 0.5) is 0 Å². The van der Waals surface area contributed by atoms with E-state index in [0.29, 0.717) is 25.7 Å². The number of hydrogen-bond acceptors (Lipinski definition) is 15. The molecule has 534 valence electrons. The number of aliphatic hydroxyl groups is 1. The van der Waals surface area contributed by atoms with Gasteiger partial charge in [0.1, 0.15) is 19.3 Å². The normalized spacial score (nSPS) is 14.4. The fourth-order valence-corrected chi connectivity index (χ4v) is 12.3. The van der Waals surface area contributed by atoms with Crippen molar-refractivity contribution in [3.63, 3.8) is 0 Å². The zero-order valence-corrected chi connectivity index (χ0v) is 60.2. The molecular weight excluding hydrogens is 1190 g/mol. The van der Waals surface area contributed by atoms with E-state index in [0.717, 1.165) is 108 Å². The fourth-order valence-electron chi connectivity index (χ4n) is 10.7. The molecule has 0 bridgehead atoms. The molecule has 0 heterocycles. The molecule has 0 aliphatic heterocycles. The minimum absolute atomic E-state index is 0.103. The van der Waals surface area contributed by atoms with Crippen molar-refractivity contribution in [2.75, 3.05) is 39.6 Å². The van der Waals surface area contributed by atoms with Crippen molar-refractivity contribution in [1.29, 1.82) is 0 Å². The highest BCUT2D eigenvalue weighted by Crippen LogP contribution is 2.45. The highest BCUT2D eigenvalue weighted by molar-refractivity contribution is 7.47. The molecular formula is C71H138O17P2. The number of aliphatic hydroxyl groups excluding tert-OH is 1. The molecule has 0 spiro atoms. The molecule has 19 heteroatoms. The Bertz CT molecular complexity index is 1750. The molecule has 0 amide bonds. The Hall–Kier alpha value is -1.94. The van der Waals surface area contributed by atoms with Gasteiger partial charge in [-0.3, -0.25) is 37.3 Å². The molecule has 0 rings (SSSR count). The van der Waals surface area contributed by atoms with Gasteiger partial charge >= 0.3 is 39.5 Å². The van der Waals surface area contributed by atoms with Crippen molar-refractivity contribution in [1.82, 2.24) is 0 Å². The number of rotatable bonds is 70. The van der Waals surface area contributed by atoms with E-state index in [1.54, 1.807) is 0 Å². The van der Waals surface area contributed by atoms with Crippen LogP contribution in [0.15, 0.2) is 0 Å². The van der Waals surface area contributed by atoms with E-state index in [1.807, 2.05) is 0 Å². The smallest absolute Gasteiger partial charge is 0.462 e. The monoisotopic (exact) mass is 1320 g/mol. The van der Waals surface area contributed by atoms with Crippen molar-refractivity contribution in [3.05, 3.63) is 0 Å².